The Hall–Kier alpha value is -3.02. The quantitative estimate of drug-likeness (QED) is 0.337. The molecule has 0 radical (unpaired) electrons. The summed E-state index contributed by atoms with van der Waals surface area (Å²) >= 11 is 0. The predicted octanol–water partition coefficient (Wildman–Crippen LogP) is 1.03. The summed E-state index contributed by atoms with van der Waals surface area (Å²) in [6, 6.07) is 5.74. The van der Waals surface area contributed by atoms with Crippen LogP contribution in [0.15, 0.2) is 30.3 Å². The highest BCUT2D eigenvalue weighted by atomic mass is 16.3. The normalized spacial score (nSPS) is 15.3. The van der Waals surface area contributed by atoms with Gasteiger partial charge in [0.1, 0.15) is 11.3 Å². The Labute approximate surface area is 170 Å². The van der Waals surface area contributed by atoms with E-state index in [1.807, 2.05) is 13.8 Å². The van der Waals surface area contributed by atoms with Gasteiger partial charge in [-0.15, -0.1) is 0 Å². The summed E-state index contributed by atoms with van der Waals surface area (Å²) < 4.78 is 0. The zero-order valence-electron chi connectivity index (χ0n) is 16.9. The van der Waals surface area contributed by atoms with Crippen molar-refractivity contribution in [3.05, 3.63) is 35.9 Å². The number of nitrogens with zero attached hydrogens (tertiary/aromatic N) is 1. The van der Waals surface area contributed by atoms with Crippen LogP contribution in [-0.2, 0) is 14.4 Å². The first-order valence-corrected chi connectivity index (χ1v) is 9.26. The van der Waals surface area contributed by atoms with Gasteiger partial charge in [-0.1, -0.05) is 32.1 Å². The third-order valence-electron chi connectivity index (χ3n) is 4.31. The molecule has 0 aromatic heterocycles. The van der Waals surface area contributed by atoms with Crippen molar-refractivity contribution >= 4 is 23.5 Å². The summed E-state index contributed by atoms with van der Waals surface area (Å²) in [5.74, 6) is -1.72. The first kappa shape index (κ1) is 24.0. The SMILES string of the molecule is CC(=O)N[C@@H](CC(C)C)C(=O)C(N)(CC(N)C#N)C(=O)/C=C/c1ccc(O)cc1. The van der Waals surface area contributed by atoms with Gasteiger partial charge in [0.15, 0.2) is 11.6 Å². The molecule has 8 heteroatoms. The fourth-order valence-corrected chi connectivity index (χ4v) is 2.88. The van der Waals surface area contributed by atoms with Crippen LogP contribution in [0.4, 0.5) is 0 Å². The number of carbonyl (C=O) groups excluding carboxylic acids is 3. The summed E-state index contributed by atoms with van der Waals surface area (Å²) in [5.41, 5.74) is 10.4. The molecule has 0 saturated heterocycles. The lowest BCUT2D eigenvalue weighted by molar-refractivity contribution is -0.136. The number of aromatic hydroxyl groups is 1. The van der Waals surface area contributed by atoms with Gasteiger partial charge in [0.25, 0.3) is 0 Å². The third-order valence-corrected chi connectivity index (χ3v) is 4.31. The van der Waals surface area contributed by atoms with Crippen LogP contribution in [0.1, 0.15) is 39.2 Å². The van der Waals surface area contributed by atoms with E-state index in [-0.39, 0.29) is 24.5 Å². The molecule has 0 fully saturated rings. The molecule has 1 amide bonds. The highest BCUT2D eigenvalue weighted by Crippen LogP contribution is 2.20. The number of carbonyl (C=O) groups is 3. The molecule has 1 aromatic carbocycles. The molecular formula is C21H28N4O4. The molecule has 8 nitrogen and oxygen atoms in total. The Kier molecular flexibility index (Phi) is 8.70. The molecule has 0 saturated carbocycles. The molecule has 1 rings (SSSR count). The molecule has 0 bridgehead atoms. The van der Waals surface area contributed by atoms with Gasteiger partial charge in [-0.2, -0.15) is 5.26 Å². The Bertz CT molecular complexity index is 811. The van der Waals surface area contributed by atoms with Crippen LogP contribution in [0, 0.1) is 17.2 Å². The molecular weight excluding hydrogens is 372 g/mol. The number of nitriles is 1. The number of phenols is 1. The molecule has 29 heavy (non-hydrogen) atoms. The van der Waals surface area contributed by atoms with Crippen molar-refractivity contribution in [3.63, 3.8) is 0 Å². The number of benzene rings is 1. The van der Waals surface area contributed by atoms with Crippen LogP contribution in [0.5, 0.6) is 5.75 Å². The van der Waals surface area contributed by atoms with Gasteiger partial charge in [0.05, 0.1) is 18.2 Å². The Morgan fingerprint density at radius 3 is 2.34 bits per heavy atom. The van der Waals surface area contributed by atoms with Crippen molar-refractivity contribution in [1.82, 2.24) is 5.32 Å². The zero-order valence-corrected chi connectivity index (χ0v) is 16.9. The molecule has 0 aliphatic heterocycles. The second kappa shape index (κ2) is 10.5. The van der Waals surface area contributed by atoms with E-state index in [1.165, 1.54) is 25.1 Å². The van der Waals surface area contributed by atoms with Gasteiger partial charge in [-0.25, -0.2) is 0 Å². The lowest BCUT2D eigenvalue weighted by Gasteiger charge is -2.31. The van der Waals surface area contributed by atoms with E-state index in [0.717, 1.165) is 6.08 Å². The second-order valence-electron chi connectivity index (χ2n) is 7.45. The summed E-state index contributed by atoms with van der Waals surface area (Å²) in [6.07, 6.45) is 2.50. The molecule has 2 unspecified atom stereocenters. The van der Waals surface area contributed by atoms with Crippen LogP contribution in [0.25, 0.3) is 6.08 Å². The van der Waals surface area contributed by atoms with Gasteiger partial charge in [-0.05, 0) is 36.1 Å². The van der Waals surface area contributed by atoms with Crippen LogP contribution < -0.4 is 16.8 Å². The highest BCUT2D eigenvalue weighted by Gasteiger charge is 2.45. The van der Waals surface area contributed by atoms with Crippen LogP contribution in [-0.4, -0.2) is 40.2 Å². The number of rotatable bonds is 10. The predicted molar refractivity (Wildman–Crippen MR) is 109 cm³/mol. The molecule has 1 aromatic rings. The number of amides is 1. The van der Waals surface area contributed by atoms with E-state index in [9.17, 15) is 19.5 Å². The van der Waals surface area contributed by atoms with Gasteiger partial charge in [0.2, 0.25) is 5.91 Å². The fraction of sp³-hybridized carbons (Fsp3) is 0.429. The molecule has 3 atom stereocenters. The smallest absolute Gasteiger partial charge is 0.217 e. The zero-order chi connectivity index (χ0) is 22.2. The molecule has 0 heterocycles. The Morgan fingerprint density at radius 2 is 1.86 bits per heavy atom. The number of nitrogens with two attached hydrogens (primary N) is 2. The monoisotopic (exact) mass is 400 g/mol. The largest absolute Gasteiger partial charge is 0.508 e. The van der Waals surface area contributed by atoms with Crippen molar-refractivity contribution in [1.29, 1.82) is 5.26 Å². The maximum atomic E-state index is 13.2. The number of hydrogen-bond donors (Lipinski definition) is 4. The van der Waals surface area contributed by atoms with E-state index >= 15 is 0 Å². The topological polar surface area (TPSA) is 159 Å². The average Bonchev–Trinajstić information content (AvgIpc) is 2.65. The van der Waals surface area contributed by atoms with E-state index < -0.39 is 35.1 Å². The number of hydrogen-bond acceptors (Lipinski definition) is 7. The fourth-order valence-electron chi connectivity index (χ4n) is 2.88. The maximum Gasteiger partial charge on any atom is 0.217 e. The Morgan fingerprint density at radius 1 is 1.28 bits per heavy atom. The number of ketones is 2. The van der Waals surface area contributed by atoms with Crippen molar-refractivity contribution in [2.24, 2.45) is 17.4 Å². The lowest BCUT2D eigenvalue weighted by Crippen LogP contribution is -2.63. The molecule has 0 aliphatic rings. The van der Waals surface area contributed by atoms with E-state index in [2.05, 4.69) is 5.32 Å². The summed E-state index contributed by atoms with van der Waals surface area (Å²) in [7, 11) is 0. The molecule has 156 valence electrons. The number of nitrogens with one attached hydrogen (secondary N) is 1. The first-order valence-electron chi connectivity index (χ1n) is 9.26. The van der Waals surface area contributed by atoms with Crippen LogP contribution in [0.3, 0.4) is 0 Å². The van der Waals surface area contributed by atoms with Crippen molar-refractivity contribution in [3.8, 4) is 11.8 Å². The maximum absolute atomic E-state index is 13.2. The van der Waals surface area contributed by atoms with Gasteiger partial charge in [-0.3, -0.25) is 14.4 Å². The highest BCUT2D eigenvalue weighted by molar-refractivity contribution is 6.18. The van der Waals surface area contributed by atoms with Gasteiger partial charge >= 0.3 is 0 Å². The molecule has 6 N–H and O–H groups in total. The lowest BCUT2D eigenvalue weighted by atomic mass is 9.79. The van der Waals surface area contributed by atoms with E-state index in [1.54, 1.807) is 18.2 Å². The van der Waals surface area contributed by atoms with Crippen molar-refractivity contribution < 1.29 is 19.5 Å². The minimum atomic E-state index is -2.06. The van der Waals surface area contributed by atoms with Gasteiger partial charge in [0, 0.05) is 13.3 Å². The second-order valence-corrected chi connectivity index (χ2v) is 7.45. The third kappa shape index (κ3) is 7.14. The molecule has 0 aliphatic carbocycles. The minimum absolute atomic E-state index is 0.0485. The van der Waals surface area contributed by atoms with E-state index in [4.69, 9.17) is 16.7 Å². The van der Waals surface area contributed by atoms with Crippen LogP contribution in [0.2, 0.25) is 0 Å². The standard InChI is InChI=1S/C21H28N4O4/c1-13(2)10-18(25-14(3)26)20(29)21(24,11-16(23)12-22)19(28)9-6-15-4-7-17(27)8-5-15/h4-9,13,16,18,27H,10-11,23-24H2,1-3H3,(H,25,26)/b9-6+/t16?,18-,21?/m0/s1. The summed E-state index contributed by atoms with van der Waals surface area (Å²) in [5, 5.41) is 20.9. The summed E-state index contributed by atoms with van der Waals surface area (Å²) in [4.78, 5) is 37.7. The average molecular weight is 400 g/mol. The number of phenolic OH excluding ortho intramolecular Hbond substituents is 1. The van der Waals surface area contributed by atoms with Gasteiger partial charge < -0.3 is 21.9 Å². The Balaban J connectivity index is 3.25. The molecule has 0 spiro atoms. The first-order chi connectivity index (χ1) is 13.5. The van der Waals surface area contributed by atoms with E-state index in [0.29, 0.717) is 5.56 Å². The van der Waals surface area contributed by atoms with Crippen molar-refractivity contribution in [2.45, 2.75) is 51.2 Å². The van der Waals surface area contributed by atoms with Crippen LogP contribution >= 0.6 is 0 Å². The summed E-state index contributed by atoms with van der Waals surface area (Å²) in [6.45, 7) is 5.01. The number of Topliss-reactive ketones (excluding diaryl/α,β-unsaturated/α-hetero) is 1. The van der Waals surface area contributed by atoms with Crippen molar-refractivity contribution in [2.75, 3.05) is 0 Å². The minimum Gasteiger partial charge on any atom is -0.508 e.